The molecule has 1 aromatic heterocycles. The molecule has 0 radical (unpaired) electrons. The van der Waals surface area contributed by atoms with Crippen molar-refractivity contribution in [2.24, 2.45) is 11.5 Å². The fraction of sp³-hybridized carbons (Fsp3) is 0. The molecule has 0 aliphatic heterocycles. The van der Waals surface area contributed by atoms with Crippen LogP contribution >= 0.6 is 11.3 Å². The van der Waals surface area contributed by atoms with Gasteiger partial charge in [0.05, 0.1) is 4.88 Å². The van der Waals surface area contributed by atoms with Crippen LogP contribution in [0.4, 0.5) is 0 Å². The van der Waals surface area contributed by atoms with Crippen molar-refractivity contribution in [2.45, 2.75) is 0 Å². The molecule has 2 amide bonds. The molecule has 0 fully saturated rings. The molecule has 5 heteroatoms. The van der Waals surface area contributed by atoms with Crippen molar-refractivity contribution in [1.29, 1.82) is 0 Å². The second-order valence-electron chi connectivity index (χ2n) is 3.07. The van der Waals surface area contributed by atoms with E-state index in [1.54, 1.807) is 36.4 Å². The molecule has 17 heavy (non-hydrogen) atoms. The van der Waals surface area contributed by atoms with E-state index in [1.165, 1.54) is 11.3 Å². The topological polar surface area (TPSA) is 86.2 Å². The van der Waals surface area contributed by atoms with Gasteiger partial charge in [-0.3, -0.25) is 9.59 Å². The van der Waals surface area contributed by atoms with E-state index in [2.05, 4.69) is 0 Å². The maximum atomic E-state index is 10.4. The average Bonchev–Trinajstić information content (AvgIpc) is 2.84. The van der Waals surface area contributed by atoms with Gasteiger partial charge in [0.1, 0.15) is 0 Å². The second-order valence-corrected chi connectivity index (χ2v) is 4.02. The Bertz CT molecular complexity index is 480. The molecule has 88 valence electrons. The van der Waals surface area contributed by atoms with Gasteiger partial charge < -0.3 is 11.5 Å². The third kappa shape index (κ3) is 4.48. The van der Waals surface area contributed by atoms with E-state index in [0.29, 0.717) is 10.4 Å². The Balaban J connectivity index is 0.000000171. The minimum absolute atomic E-state index is 0.347. The maximum absolute atomic E-state index is 10.4. The van der Waals surface area contributed by atoms with Crippen LogP contribution < -0.4 is 11.5 Å². The Kier molecular flexibility index (Phi) is 4.90. The number of hydrogen-bond acceptors (Lipinski definition) is 3. The zero-order valence-corrected chi connectivity index (χ0v) is 9.81. The number of amides is 2. The van der Waals surface area contributed by atoms with Gasteiger partial charge in [-0.25, -0.2) is 0 Å². The molecule has 0 aliphatic carbocycles. The SMILES string of the molecule is NC(=O)c1ccccc1.NC(=O)c1cccs1. The lowest BCUT2D eigenvalue weighted by Gasteiger charge is -1.89. The highest BCUT2D eigenvalue weighted by Crippen LogP contribution is 2.05. The van der Waals surface area contributed by atoms with Crippen LogP contribution in [-0.4, -0.2) is 11.8 Å². The number of primary amides is 2. The first-order valence-electron chi connectivity index (χ1n) is 4.79. The van der Waals surface area contributed by atoms with Gasteiger partial charge in [0.15, 0.2) is 0 Å². The van der Waals surface area contributed by atoms with Crippen LogP contribution in [0.2, 0.25) is 0 Å². The van der Waals surface area contributed by atoms with Gasteiger partial charge in [-0.15, -0.1) is 11.3 Å². The molecule has 2 rings (SSSR count). The lowest BCUT2D eigenvalue weighted by Crippen LogP contribution is -2.09. The first-order valence-corrected chi connectivity index (χ1v) is 5.67. The Labute approximate surface area is 103 Å². The second kappa shape index (κ2) is 6.44. The highest BCUT2D eigenvalue weighted by Gasteiger charge is 1.96. The number of rotatable bonds is 2. The van der Waals surface area contributed by atoms with Gasteiger partial charge >= 0.3 is 0 Å². The molecule has 0 bridgehead atoms. The summed E-state index contributed by atoms with van der Waals surface area (Å²) in [5.74, 6) is -0.726. The summed E-state index contributed by atoms with van der Waals surface area (Å²) < 4.78 is 0. The number of nitrogens with two attached hydrogens (primary N) is 2. The molecule has 0 aliphatic rings. The van der Waals surface area contributed by atoms with E-state index in [-0.39, 0.29) is 11.8 Å². The summed E-state index contributed by atoms with van der Waals surface area (Å²) in [6, 6.07) is 12.3. The third-order valence-corrected chi connectivity index (χ3v) is 2.71. The summed E-state index contributed by atoms with van der Waals surface area (Å²) in [7, 11) is 0. The monoisotopic (exact) mass is 248 g/mol. The van der Waals surface area contributed by atoms with E-state index in [0.717, 1.165) is 0 Å². The van der Waals surface area contributed by atoms with Gasteiger partial charge in [-0.2, -0.15) is 0 Å². The predicted molar refractivity (Wildman–Crippen MR) is 67.8 cm³/mol. The average molecular weight is 248 g/mol. The molecule has 0 saturated heterocycles. The van der Waals surface area contributed by atoms with E-state index < -0.39 is 0 Å². The highest BCUT2D eigenvalue weighted by atomic mass is 32.1. The lowest BCUT2D eigenvalue weighted by molar-refractivity contribution is 0.0993. The molecule has 2 aromatic rings. The summed E-state index contributed by atoms with van der Waals surface area (Å²) in [6.07, 6.45) is 0. The van der Waals surface area contributed by atoms with Crippen molar-refractivity contribution in [2.75, 3.05) is 0 Å². The van der Waals surface area contributed by atoms with Crippen LogP contribution in [0.3, 0.4) is 0 Å². The van der Waals surface area contributed by atoms with E-state index in [4.69, 9.17) is 11.5 Å². The van der Waals surface area contributed by atoms with Gasteiger partial charge in [0.25, 0.3) is 5.91 Å². The van der Waals surface area contributed by atoms with Crippen LogP contribution in [-0.2, 0) is 0 Å². The number of hydrogen-bond donors (Lipinski definition) is 2. The predicted octanol–water partition coefficient (Wildman–Crippen LogP) is 1.63. The first kappa shape index (κ1) is 12.9. The van der Waals surface area contributed by atoms with Crippen molar-refractivity contribution >= 4 is 23.2 Å². The molecule has 0 atom stereocenters. The minimum atomic E-state index is -0.379. The Morgan fingerprint density at radius 3 is 1.82 bits per heavy atom. The van der Waals surface area contributed by atoms with Gasteiger partial charge in [-0.1, -0.05) is 24.3 Å². The van der Waals surface area contributed by atoms with Gasteiger partial charge in [0, 0.05) is 5.56 Å². The summed E-state index contributed by atoms with van der Waals surface area (Å²) in [6.45, 7) is 0. The smallest absolute Gasteiger partial charge is 0.258 e. The third-order valence-electron chi connectivity index (χ3n) is 1.82. The Morgan fingerprint density at radius 2 is 1.53 bits per heavy atom. The zero-order chi connectivity index (χ0) is 12.7. The molecule has 1 heterocycles. The standard InChI is InChI=1S/C7H7NO.C5H5NOS/c8-7(9)6-4-2-1-3-5-6;6-5(7)4-2-1-3-8-4/h1-5H,(H2,8,9);1-3H,(H2,6,7). The molecule has 0 unspecified atom stereocenters. The summed E-state index contributed by atoms with van der Waals surface area (Å²) in [5, 5.41) is 1.82. The van der Waals surface area contributed by atoms with Crippen LogP contribution in [0, 0.1) is 0 Å². The number of carbonyl (C=O) groups is 2. The number of carbonyl (C=O) groups excluding carboxylic acids is 2. The number of benzene rings is 1. The zero-order valence-electron chi connectivity index (χ0n) is 9.00. The van der Waals surface area contributed by atoms with Gasteiger partial charge in [-0.05, 0) is 23.6 Å². The normalized spacial score (nSPS) is 8.94. The lowest BCUT2D eigenvalue weighted by atomic mass is 10.2. The van der Waals surface area contributed by atoms with Crippen LogP contribution in [0.25, 0.3) is 0 Å². The largest absolute Gasteiger partial charge is 0.366 e. The van der Waals surface area contributed by atoms with Crippen molar-refractivity contribution in [3.05, 3.63) is 58.3 Å². The molecule has 0 spiro atoms. The Hall–Kier alpha value is -2.14. The minimum Gasteiger partial charge on any atom is -0.366 e. The molecule has 1 aromatic carbocycles. The molecular weight excluding hydrogens is 236 g/mol. The molecule has 4 N–H and O–H groups in total. The van der Waals surface area contributed by atoms with E-state index in [1.807, 2.05) is 11.4 Å². The quantitative estimate of drug-likeness (QED) is 0.846. The summed E-state index contributed by atoms with van der Waals surface area (Å²) in [5.41, 5.74) is 10.5. The highest BCUT2D eigenvalue weighted by molar-refractivity contribution is 7.12. The fourth-order valence-electron chi connectivity index (χ4n) is 1.02. The Morgan fingerprint density at radius 1 is 0.882 bits per heavy atom. The van der Waals surface area contributed by atoms with Crippen molar-refractivity contribution in [3.8, 4) is 0 Å². The van der Waals surface area contributed by atoms with Crippen LogP contribution in [0.5, 0.6) is 0 Å². The summed E-state index contributed by atoms with van der Waals surface area (Å²) >= 11 is 1.36. The van der Waals surface area contributed by atoms with Crippen LogP contribution in [0.1, 0.15) is 20.0 Å². The van der Waals surface area contributed by atoms with Crippen molar-refractivity contribution in [1.82, 2.24) is 0 Å². The molecular formula is C12H12N2O2S. The van der Waals surface area contributed by atoms with E-state index >= 15 is 0 Å². The molecule has 4 nitrogen and oxygen atoms in total. The molecule has 0 saturated carbocycles. The fourth-order valence-corrected chi connectivity index (χ4v) is 1.60. The van der Waals surface area contributed by atoms with E-state index in [9.17, 15) is 9.59 Å². The van der Waals surface area contributed by atoms with Crippen molar-refractivity contribution < 1.29 is 9.59 Å². The first-order chi connectivity index (χ1) is 8.11. The van der Waals surface area contributed by atoms with Gasteiger partial charge in [0.2, 0.25) is 5.91 Å². The van der Waals surface area contributed by atoms with Crippen LogP contribution in [0.15, 0.2) is 47.8 Å². The number of thiophene rings is 1. The van der Waals surface area contributed by atoms with Crippen molar-refractivity contribution in [3.63, 3.8) is 0 Å². The maximum Gasteiger partial charge on any atom is 0.258 e. The summed E-state index contributed by atoms with van der Waals surface area (Å²) in [4.78, 5) is 21.3.